The monoisotopic (exact) mass is 253 g/mol. The van der Waals surface area contributed by atoms with Gasteiger partial charge in [-0.15, -0.1) is 0 Å². The van der Waals surface area contributed by atoms with Crippen molar-refractivity contribution in [1.82, 2.24) is 19.6 Å². The largest absolute Gasteiger partial charge is 0.479 e. The Morgan fingerprint density at radius 2 is 2.39 bits per heavy atom. The number of carboxylic acids is 1. The third-order valence-electron chi connectivity index (χ3n) is 2.51. The standard InChI is InChI=1S/C9H11N5O4/c1-2-4-5(6(18-17)8(15)16)7(10)14-9(13-4)11-3-12-14/h3,6,17H,2,10H2,1H3,(H,15,16). The maximum atomic E-state index is 11.0. The first-order valence-corrected chi connectivity index (χ1v) is 5.11. The number of nitrogen functional groups attached to an aromatic ring is 1. The van der Waals surface area contributed by atoms with Crippen LogP contribution >= 0.6 is 0 Å². The predicted molar refractivity (Wildman–Crippen MR) is 58.7 cm³/mol. The molecule has 0 aliphatic heterocycles. The number of rotatable bonds is 4. The number of anilines is 1. The Labute approximate surface area is 101 Å². The van der Waals surface area contributed by atoms with E-state index in [0.29, 0.717) is 12.1 Å². The van der Waals surface area contributed by atoms with E-state index in [0.717, 1.165) is 0 Å². The SMILES string of the molecule is CCc1nc2ncnn2c(N)c1C(OO)C(=O)O. The van der Waals surface area contributed by atoms with Gasteiger partial charge in [-0.25, -0.2) is 14.7 Å². The van der Waals surface area contributed by atoms with Crippen molar-refractivity contribution in [2.75, 3.05) is 5.73 Å². The minimum Gasteiger partial charge on any atom is -0.479 e. The number of hydrogen-bond acceptors (Lipinski definition) is 7. The smallest absolute Gasteiger partial charge is 0.341 e. The van der Waals surface area contributed by atoms with Crippen molar-refractivity contribution >= 4 is 17.6 Å². The Balaban J connectivity index is 2.73. The van der Waals surface area contributed by atoms with Crippen LogP contribution in [-0.2, 0) is 16.1 Å². The summed E-state index contributed by atoms with van der Waals surface area (Å²) < 4.78 is 1.18. The minimum absolute atomic E-state index is 0.0239. The van der Waals surface area contributed by atoms with E-state index >= 15 is 0 Å². The second-order valence-corrected chi connectivity index (χ2v) is 3.51. The Bertz CT molecular complexity index is 596. The van der Waals surface area contributed by atoms with Gasteiger partial charge in [-0.3, -0.25) is 5.26 Å². The highest BCUT2D eigenvalue weighted by Gasteiger charge is 2.29. The lowest BCUT2D eigenvalue weighted by Gasteiger charge is -2.15. The molecule has 2 heterocycles. The van der Waals surface area contributed by atoms with E-state index in [1.165, 1.54) is 10.8 Å². The van der Waals surface area contributed by atoms with E-state index in [-0.39, 0.29) is 17.2 Å². The molecule has 0 spiro atoms. The molecule has 0 aliphatic carbocycles. The van der Waals surface area contributed by atoms with Crippen LogP contribution in [-0.4, -0.2) is 35.9 Å². The molecule has 2 rings (SSSR count). The van der Waals surface area contributed by atoms with Crippen molar-refractivity contribution in [1.29, 1.82) is 0 Å². The summed E-state index contributed by atoms with van der Waals surface area (Å²) in [6.45, 7) is 1.77. The van der Waals surface area contributed by atoms with Gasteiger partial charge in [-0.05, 0) is 6.42 Å². The van der Waals surface area contributed by atoms with Crippen LogP contribution in [0.1, 0.15) is 24.3 Å². The van der Waals surface area contributed by atoms with Gasteiger partial charge in [0.2, 0.25) is 6.10 Å². The van der Waals surface area contributed by atoms with Crippen molar-refractivity contribution in [3.63, 3.8) is 0 Å². The fourth-order valence-electron chi connectivity index (χ4n) is 1.70. The zero-order valence-electron chi connectivity index (χ0n) is 9.44. The molecule has 0 fully saturated rings. The minimum atomic E-state index is -1.61. The fourth-order valence-corrected chi connectivity index (χ4v) is 1.70. The molecule has 0 bridgehead atoms. The molecule has 2 aromatic rings. The van der Waals surface area contributed by atoms with E-state index in [1.54, 1.807) is 6.92 Å². The van der Waals surface area contributed by atoms with Crippen LogP contribution in [0, 0.1) is 0 Å². The summed E-state index contributed by atoms with van der Waals surface area (Å²) in [4.78, 5) is 23.0. The van der Waals surface area contributed by atoms with Gasteiger partial charge in [0, 0.05) is 0 Å². The number of carboxylic acid groups (broad SMARTS) is 1. The number of hydrogen-bond donors (Lipinski definition) is 3. The predicted octanol–water partition coefficient (Wildman–Crippen LogP) is -0.116. The van der Waals surface area contributed by atoms with Gasteiger partial charge in [0.25, 0.3) is 5.78 Å². The van der Waals surface area contributed by atoms with Crippen LogP contribution in [0.15, 0.2) is 6.33 Å². The molecule has 0 amide bonds. The van der Waals surface area contributed by atoms with Crippen LogP contribution in [0.3, 0.4) is 0 Å². The van der Waals surface area contributed by atoms with Gasteiger partial charge < -0.3 is 10.8 Å². The molecule has 9 nitrogen and oxygen atoms in total. The third-order valence-corrected chi connectivity index (χ3v) is 2.51. The molecular weight excluding hydrogens is 242 g/mol. The molecule has 0 radical (unpaired) electrons. The lowest BCUT2D eigenvalue weighted by Crippen LogP contribution is -2.20. The molecule has 96 valence electrons. The molecule has 4 N–H and O–H groups in total. The highest BCUT2D eigenvalue weighted by Crippen LogP contribution is 2.26. The van der Waals surface area contributed by atoms with Crippen LogP contribution in [0.25, 0.3) is 5.78 Å². The number of nitrogens with two attached hydrogens (primary N) is 1. The van der Waals surface area contributed by atoms with Crippen LogP contribution < -0.4 is 5.73 Å². The van der Waals surface area contributed by atoms with E-state index in [9.17, 15) is 4.79 Å². The Morgan fingerprint density at radius 1 is 1.67 bits per heavy atom. The molecule has 2 aromatic heterocycles. The first kappa shape index (κ1) is 12.2. The van der Waals surface area contributed by atoms with E-state index in [1.807, 2.05) is 0 Å². The molecule has 1 unspecified atom stereocenters. The average Bonchev–Trinajstić information content (AvgIpc) is 2.80. The lowest BCUT2D eigenvalue weighted by atomic mass is 10.1. The van der Waals surface area contributed by atoms with E-state index in [4.69, 9.17) is 16.1 Å². The van der Waals surface area contributed by atoms with Crippen molar-refractivity contribution in [3.8, 4) is 0 Å². The third kappa shape index (κ3) is 1.75. The zero-order chi connectivity index (χ0) is 13.3. The molecule has 0 aliphatic rings. The summed E-state index contributed by atoms with van der Waals surface area (Å²) in [7, 11) is 0. The second kappa shape index (κ2) is 4.55. The van der Waals surface area contributed by atoms with E-state index < -0.39 is 12.1 Å². The van der Waals surface area contributed by atoms with Crippen LogP contribution in [0.5, 0.6) is 0 Å². The summed E-state index contributed by atoms with van der Waals surface area (Å²) in [6.07, 6.45) is 0.0501. The first-order valence-electron chi connectivity index (χ1n) is 5.11. The molecule has 0 aromatic carbocycles. The number of carbonyl (C=O) groups is 1. The highest BCUT2D eigenvalue weighted by atomic mass is 17.1. The van der Waals surface area contributed by atoms with Crippen LogP contribution in [0.2, 0.25) is 0 Å². The Morgan fingerprint density at radius 3 is 2.94 bits per heavy atom. The Hall–Kier alpha value is -2.26. The maximum absolute atomic E-state index is 11.0. The van der Waals surface area contributed by atoms with Gasteiger partial charge in [0.15, 0.2) is 0 Å². The first-order chi connectivity index (χ1) is 8.60. The molecule has 0 saturated carbocycles. The highest BCUT2D eigenvalue weighted by molar-refractivity contribution is 5.77. The normalized spacial score (nSPS) is 12.8. The van der Waals surface area contributed by atoms with Gasteiger partial charge >= 0.3 is 5.97 Å². The summed E-state index contributed by atoms with van der Waals surface area (Å²) in [5.41, 5.74) is 6.28. The topological polar surface area (TPSA) is 136 Å². The van der Waals surface area contributed by atoms with Crippen molar-refractivity contribution in [2.45, 2.75) is 19.4 Å². The number of aliphatic carboxylic acids is 1. The zero-order valence-corrected chi connectivity index (χ0v) is 9.44. The van der Waals surface area contributed by atoms with Crippen molar-refractivity contribution in [3.05, 3.63) is 17.6 Å². The average molecular weight is 253 g/mol. The summed E-state index contributed by atoms with van der Waals surface area (Å²) in [5, 5.41) is 21.5. The molecular formula is C9H11N5O4. The molecule has 0 saturated heterocycles. The quantitative estimate of drug-likeness (QED) is 0.507. The molecule has 9 heteroatoms. The summed E-state index contributed by atoms with van der Waals surface area (Å²) in [5.74, 6) is -1.09. The lowest BCUT2D eigenvalue weighted by molar-refractivity contribution is -0.279. The summed E-state index contributed by atoms with van der Waals surface area (Å²) in [6, 6.07) is 0. The Kier molecular flexibility index (Phi) is 3.08. The van der Waals surface area contributed by atoms with Crippen molar-refractivity contribution < 1.29 is 20.0 Å². The second-order valence-electron chi connectivity index (χ2n) is 3.51. The van der Waals surface area contributed by atoms with Gasteiger partial charge in [-0.2, -0.15) is 14.6 Å². The van der Waals surface area contributed by atoms with Crippen LogP contribution in [0.4, 0.5) is 5.82 Å². The number of nitrogens with zero attached hydrogens (tertiary/aromatic N) is 4. The molecule has 18 heavy (non-hydrogen) atoms. The summed E-state index contributed by atoms with van der Waals surface area (Å²) >= 11 is 0. The fraction of sp³-hybridized carbons (Fsp3) is 0.333. The number of fused-ring (bicyclic) bond motifs is 1. The van der Waals surface area contributed by atoms with Gasteiger partial charge in [0.1, 0.15) is 12.1 Å². The van der Waals surface area contributed by atoms with Gasteiger partial charge in [0.05, 0.1) is 11.3 Å². The van der Waals surface area contributed by atoms with E-state index in [2.05, 4.69) is 20.0 Å². The van der Waals surface area contributed by atoms with Gasteiger partial charge in [-0.1, -0.05) is 6.92 Å². The number of aromatic nitrogens is 4. The van der Waals surface area contributed by atoms with Crippen molar-refractivity contribution in [2.24, 2.45) is 0 Å². The molecule has 1 atom stereocenters. The number of aryl methyl sites for hydroxylation is 1. The maximum Gasteiger partial charge on any atom is 0.341 e.